The number of aromatic nitrogens is 1. The van der Waals surface area contributed by atoms with E-state index in [1.165, 1.54) is 12.3 Å². The highest BCUT2D eigenvalue weighted by Gasteiger charge is 2.10. The summed E-state index contributed by atoms with van der Waals surface area (Å²) in [6.45, 7) is 5.50. The van der Waals surface area contributed by atoms with Gasteiger partial charge in [-0.05, 0) is 19.4 Å². The van der Waals surface area contributed by atoms with Gasteiger partial charge in [0.25, 0.3) is 5.91 Å². The maximum atomic E-state index is 11.7. The quantitative estimate of drug-likeness (QED) is 0.666. The fourth-order valence-electron chi connectivity index (χ4n) is 1.16. The van der Waals surface area contributed by atoms with Crippen molar-refractivity contribution in [2.24, 2.45) is 0 Å². The lowest BCUT2D eigenvalue weighted by molar-refractivity contribution is 0.0940. The zero-order valence-electron chi connectivity index (χ0n) is 8.84. The number of carbonyl (C=O) groups excluding carboxylic acids is 1. The largest absolute Gasteiger partial charge is 0.349 e. The molecule has 0 saturated carbocycles. The Morgan fingerprint density at radius 3 is 2.94 bits per heavy atom. The molecule has 0 fully saturated rings. The molecule has 0 aliphatic heterocycles. The molecule has 0 bridgehead atoms. The van der Waals surface area contributed by atoms with Crippen LogP contribution < -0.4 is 5.32 Å². The summed E-state index contributed by atoms with van der Waals surface area (Å²) in [7, 11) is 0. The maximum absolute atomic E-state index is 11.7. The molecular formula is C11H12Cl2N2O. The minimum Gasteiger partial charge on any atom is -0.349 e. The molecular weight excluding hydrogens is 247 g/mol. The summed E-state index contributed by atoms with van der Waals surface area (Å²) in [5, 5.41) is 3.25. The molecule has 0 spiro atoms. The van der Waals surface area contributed by atoms with Gasteiger partial charge in [0.05, 0.1) is 10.6 Å². The summed E-state index contributed by atoms with van der Waals surface area (Å²) in [5.41, 5.74) is 0.394. The average Bonchev–Trinajstić information content (AvgIpc) is 2.22. The lowest BCUT2D eigenvalue weighted by Crippen LogP contribution is -2.32. The normalized spacial score (nSPS) is 11.9. The average molecular weight is 259 g/mol. The Balaban J connectivity index is 2.73. The first-order valence-electron chi connectivity index (χ1n) is 4.77. The van der Waals surface area contributed by atoms with Gasteiger partial charge in [-0.3, -0.25) is 4.79 Å². The summed E-state index contributed by atoms with van der Waals surface area (Å²) >= 11 is 11.4. The molecule has 0 radical (unpaired) electrons. The molecule has 1 rings (SSSR count). The zero-order valence-corrected chi connectivity index (χ0v) is 10.3. The molecule has 1 aromatic rings. The number of nitrogens with one attached hydrogen (secondary N) is 1. The molecule has 1 amide bonds. The number of pyridine rings is 1. The minimum atomic E-state index is -0.222. The van der Waals surface area contributed by atoms with Crippen molar-refractivity contribution in [1.82, 2.24) is 10.3 Å². The number of amides is 1. The van der Waals surface area contributed by atoms with E-state index in [9.17, 15) is 4.79 Å². The Bertz CT molecular complexity index is 407. The predicted molar refractivity (Wildman–Crippen MR) is 66.0 cm³/mol. The van der Waals surface area contributed by atoms with E-state index in [4.69, 9.17) is 23.2 Å². The highest BCUT2D eigenvalue weighted by molar-refractivity contribution is 6.41. The van der Waals surface area contributed by atoms with Crippen LogP contribution in [0.5, 0.6) is 0 Å². The van der Waals surface area contributed by atoms with E-state index in [-0.39, 0.29) is 22.1 Å². The number of halogens is 2. The first-order chi connectivity index (χ1) is 7.54. The molecule has 5 heteroatoms. The van der Waals surface area contributed by atoms with Crippen molar-refractivity contribution in [3.05, 3.63) is 40.7 Å². The van der Waals surface area contributed by atoms with E-state index in [1.54, 1.807) is 6.08 Å². The van der Waals surface area contributed by atoms with Gasteiger partial charge in [0.15, 0.2) is 0 Å². The van der Waals surface area contributed by atoms with Crippen molar-refractivity contribution >= 4 is 29.1 Å². The van der Waals surface area contributed by atoms with Gasteiger partial charge in [-0.2, -0.15) is 0 Å². The molecule has 1 N–H and O–H groups in total. The second kappa shape index (κ2) is 5.87. The van der Waals surface area contributed by atoms with E-state index in [2.05, 4.69) is 16.9 Å². The number of hydrogen-bond acceptors (Lipinski definition) is 2. The van der Waals surface area contributed by atoms with Crippen molar-refractivity contribution in [1.29, 1.82) is 0 Å². The smallest absolute Gasteiger partial charge is 0.253 e. The van der Waals surface area contributed by atoms with Gasteiger partial charge in [0.1, 0.15) is 5.15 Å². The fraction of sp³-hybridized carbons (Fsp3) is 0.273. The molecule has 16 heavy (non-hydrogen) atoms. The van der Waals surface area contributed by atoms with E-state index in [0.29, 0.717) is 12.0 Å². The van der Waals surface area contributed by atoms with Crippen molar-refractivity contribution < 1.29 is 4.79 Å². The molecule has 1 aromatic heterocycles. The van der Waals surface area contributed by atoms with Gasteiger partial charge in [-0.15, -0.1) is 6.58 Å². The fourth-order valence-corrected chi connectivity index (χ4v) is 1.43. The summed E-state index contributed by atoms with van der Waals surface area (Å²) in [6.07, 6.45) is 3.85. The van der Waals surface area contributed by atoms with Crippen molar-refractivity contribution in [3.8, 4) is 0 Å². The molecule has 0 aliphatic carbocycles. The molecule has 1 unspecified atom stereocenters. The number of hydrogen-bond donors (Lipinski definition) is 1. The third kappa shape index (κ3) is 3.51. The summed E-state index contributed by atoms with van der Waals surface area (Å²) < 4.78 is 0. The first kappa shape index (κ1) is 13.0. The highest BCUT2D eigenvalue weighted by Crippen LogP contribution is 2.19. The standard InChI is InChI=1S/C11H12Cl2N2O/c1-3-4-7(2)15-11(16)8-5-9(12)10(13)14-6-8/h3,5-7H,1,4H2,2H3,(H,15,16). The Hall–Kier alpha value is -1.06. The van der Waals surface area contributed by atoms with Gasteiger partial charge >= 0.3 is 0 Å². The van der Waals surface area contributed by atoms with Gasteiger partial charge in [-0.25, -0.2) is 4.98 Å². The van der Waals surface area contributed by atoms with Crippen LogP contribution in [0.1, 0.15) is 23.7 Å². The van der Waals surface area contributed by atoms with Gasteiger partial charge < -0.3 is 5.32 Å². The zero-order chi connectivity index (χ0) is 12.1. The lowest BCUT2D eigenvalue weighted by Gasteiger charge is -2.11. The van der Waals surface area contributed by atoms with Crippen molar-refractivity contribution in [3.63, 3.8) is 0 Å². The summed E-state index contributed by atoms with van der Waals surface area (Å²) in [6, 6.07) is 1.52. The van der Waals surface area contributed by atoms with E-state index >= 15 is 0 Å². The second-order valence-electron chi connectivity index (χ2n) is 3.40. The van der Waals surface area contributed by atoms with Crippen LogP contribution in [-0.2, 0) is 0 Å². The Morgan fingerprint density at radius 2 is 2.38 bits per heavy atom. The van der Waals surface area contributed by atoms with Crippen LogP contribution in [0, 0.1) is 0 Å². The topological polar surface area (TPSA) is 42.0 Å². The van der Waals surface area contributed by atoms with Crippen LogP contribution >= 0.6 is 23.2 Å². The maximum Gasteiger partial charge on any atom is 0.253 e. The van der Waals surface area contributed by atoms with Crippen LogP contribution in [0.15, 0.2) is 24.9 Å². The number of nitrogens with zero attached hydrogens (tertiary/aromatic N) is 1. The Kier molecular flexibility index (Phi) is 4.77. The summed E-state index contributed by atoms with van der Waals surface area (Å²) in [5.74, 6) is -0.222. The van der Waals surface area contributed by atoms with Crippen molar-refractivity contribution in [2.75, 3.05) is 0 Å². The Morgan fingerprint density at radius 1 is 1.69 bits per heavy atom. The molecule has 1 atom stereocenters. The van der Waals surface area contributed by atoms with E-state index < -0.39 is 0 Å². The van der Waals surface area contributed by atoms with Gasteiger partial charge in [0.2, 0.25) is 0 Å². The minimum absolute atomic E-state index is 0.0273. The van der Waals surface area contributed by atoms with Crippen LogP contribution in [-0.4, -0.2) is 16.9 Å². The monoisotopic (exact) mass is 258 g/mol. The third-order valence-electron chi connectivity index (χ3n) is 1.96. The first-order valence-corrected chi connectivity index (χ1v) is 5.53. The van der Waals surface area contributed by atoms with Crippen LogP contribution in [0.25, 0.3) is 0 Å². The van der Waals surface area contributed by atoms with E-state index in [0.717, 1.165) is 0 Å². The molecule has 0 aliphatic rings. The Labute approximate surface area is 104 Å². The van der Waals surface area contributed by atoms with Crippen LogP contribution in [0.2, 0.25) is 10.2 Å². The van der Waals surface area contributed by atoms with Gasteiger partial charge in [-0.1, -0.05) is 29.3 Å². The summed E-state index contributed by atoms with van der Waals surface area (Å²) in [4.78, 5) is 15.5. The van der Waals surface area contributed by atoms with Gasteiger partial charge in [0, 0.05) is 12.2 Å². The van der Waals surface area contributed by atoms with Crippen LogP contribution in [0.3, 0.4) is 0 Å². The molecule has 1 heterocycles. The highest BCUT2D eigenvalue weighted by atomic mass is 35.5. The predicted octanol–water partition coefficient (Wildman–Crippen LogP) is 3.08. The second-order valence-corrected chi connectivity index (χ2v) is 4.16. The lowest BCUT2D eigenvalue weighted by atomic mass is 10.2. The molecule has 0 aromatic carbocycles. The van der Waals surface area contributed by atoms with Crippen molar-refractivity contribution in [2.45, 2.75) is 19.4 Å². The molecule has 0 saturated heterocycles. The van der Waals surface area contributed by atoms with Crippen LogP contribution in [0.4, 0.5) is 0 Å². The van der Waals surface area contributed by atoms with E-state index in [1.807, 2.05) is 6.92 Å². The molecule has 86 valence electrons. The number of carbonyl (C=O) groups is 1. The third-order valence-corrected chi connectivity index (χ3v) is 2.64. The number of rotatable bonds is 4. The molecule has 3 nitrogen and oxygen atoms in total. The SMILES string of the molecule is C=CCC(C)NC(=O)c1cnc(Cl)c(Cl)c1.